The van der Waals surface area contributed by atoms with Gasteiger partial charge in [0.15, 0.2) is 0 Å². The van der Waals surface area contributed by atoms with Crippen LogP contribution in [0.15, 0.2) is 0 Å². The Hall–Kier alpha value is -0.330. The Balaban J connectivity index is 1.36. The third-order valence-electron chi connectivity index (χ3n) is 8.15. The quantitative estimate of drug-likeness (QED) is 0.336. The summed E-state index contributed by atoms with van der Waals surface area (Å²) in [6, 6.07) is 0. The van der Waals surface area contributed by atoms with Gasteiger partial charge in [0.2, 0.25) is 0 Å². The van der Waals surface area contributed by atoms with Gasteiger partial charge in [-0.3, -0.25) is 0 Å². The zero-order chi connectivity index (χ0) is 17.5. The van der Waals surface area contributed by atoms with E-state index in [0.29, 0.717) is 5.92 Å². The summed E-state index contributed by atoms with van der Waals surface area (Å²) in [7, 11) is 0. The Morgan fingerprint density at radius 1 is 0.680 bits per heavy atom. The summed E-state index contributed by atoms with van der Waals surface area (Å²) >= 11 is 0. The lowest BCUT2D eigenvalue weighted by molar-refractivity contribution is -0.112. The van der Waals surface area contributed by atoms with E-state index in [1.807, 2.05) is 0 Å². The van der Waals surface area contributed by atoms with Crippen molar-refractivity contribution in [3.05, 3.63) is 0 Å². The normalized spacial score (nSPS) is 38.9. The first-order valence-corrected chi connectivity index (χ1v) is 11.8. The third kappa shape index (κ3) is 5.57. The maximum atomic E-state index is 11.0. The number of hydrogen-bond acceptors (Lipinski definition) is 1. The fourth-order valence-electron chi connectivity index (χ4n) is 6.50. The minimum Gasteiger partial charge on any atom is -0.303 e. The summed E-state index contributed by atoms with van der Waals surface area (Å²) in [6.07, 6.45) is 24.2. The van der Waals surface area contributed by atoms with Crippen LogP contribution in [0.2, 0.25) is 0 Å². The Bertz CT molecular complexity index is 382. The molecule has 3 saturated carbocycles. The molecule has 0 aromatic heterocycles. The first kappa shape index (κ1) is 19.4. The molecule has 4 atom stereocenters. The van der Waals surface area contributed by atoms with Crippen molar-refractivity contribution < 1.29 is 4.79 Å². The second kappa shape index (κ2) is 10.1. The Labute approximate surface area is 156 Å². The first-order valence-electron chi connectivity index (χ1n) is 11.8. The van der Waals surface area contributed by atoms with Gasteiger partial charge >= 0.3 is 0 Å². The lowest BCUT2D eigenvalue weighted by Gasteiger charge is -2.45. The Morgan fingerprint density at radius 3 is 2.00 bits per heavy atom. The molecule has 0 bridgehead atoms. The lowest BCUT2D eigenvalue weighted by atomic mass is 9.60. The summed E-state index contributed by atoms with van der Waals surface area (Å²) in [5.41, 5.74) is 0. The van der Waals surface area contributed by atoms with Crippen LogP contribution in [-0.2, 0) is 4.79 Å². The topological polar surface area (TPSA) is 17.1 Å². The molecule has 144 valence electrons. The van der Waals surface area contributed by atoms with Gasteiger partial charge in [-0.2, -0.15) is 0 Å². The number of fused-ring (bicyclic) bond motifs is 1. The Morgan fingerprint density at radius 2 is 1.28 bits per heavy atom. The molecule has 0 aromatic rings. The van der Waals surface area contributed by atoms with E-state index in [1.54, 1.807) is 6.42 Å². The van der Waals surface area contributed by atoms with Crippen LogP contribution >= 0.6 is 0 Å². The van der Waals surface area contributed by atoms with Crippen LogP contribution in [0.5, 0.6) is 0 Å². The Kier molecular flexibility index (Phi) is 7.87. The second-order valence-corrected chi connectivity index (χ2v) is 9.79. The minimum absolute atomic E-state index is 0.389. The van der Waals surface area contributed by atoms with E-state index in [-0.39, 0.29) is 0 Å². The molecule has 0 heterocycles. The molecule has 0 amide bonds. The maximum Gasteiger partial charge on any atom is 0.123 e. The van der Waals surface area contributed by atoms with Crippen molar-refractivity contribution in [3.63, 3.8) is 0 Å². The number of hydrogen-bond donors (Lipinski definition) is 0. The van der Waals surface area contributed by atoms with Crippen molar-refractivity contribution in [2.45, 2.75) is 110 Å². The molecule has 3 aliphatic carbocycles. The van der Waals surface area contributed by atoms with E-state index in [9.17, 15) is 4.79 Å². The van der Waals surface area contributed by atoms with Gasteiger partial charge in [0.25, 0.3) is 0 Å². The van der Waals surface area contributed by atoms with Crippen LogP contribution in [0.1, 0.15) is 110 Å². The van der Waals surface area contributed by atoms with Crippen LogP contribution in [-0.4, -0.2) is 6.29 Å². The van der Waals surface area contributed by atoms with Gasteiger partial charge in [-0.05, 0) is 87.4 Å². The third-order valence-corrected chi connectivity index (χ3v) is 8.15. The van der Waals surface area contributed by atoms with E-state index in [1.165, 1.54) is 103 Å². The summed E-state index contributed by atoms with van der Waals surface area (Å²) < 4.78 is 0. The molecule has 1 nitrogen and oxygen atoms in total. The minimum atomic E-state index is 0.389. The molecular formula is C24H42O. The van der Waals surface area contributed by atoms with Gasteiger partial charge in [0.05, 0.1) is 0 Å². The van der Waals surface area contributed by atoms with Crippen molar-refractivity contribution in [1.82, 2.24) is 0 Å². The van der Waals surface area contributed by atoms with Crippen molar-refractivity contribution in [3.8, 4) is 0 Å². The number of rotatable bonds is 8. The standard InChI is InChI=1S/C24H42O/c1-2-3-4-5-6-7-19-8-13-24-17-23(15-14-22(24)16-19)21-11-9-20(18-25)10-12-21/h18-24H,2-17H2,1H3/t19-,20?,21?,22+,23+,24+/m0/s1. The zero-order valence-corrected chi connectivity index (χ0v) is 16.8. The molecule has 0 unspecified atom stereocenters. The summed E-state index contributed by atoms with van der Waals surface area (Å²) in [5.74, 6) is 5.52. The van der Waals surface area contributed by atoms with Gasteiger partial charge < -0.3 is 4.79 Å². The summed E-state index contributed by atoms with van der Waals surface area (Å²) in [5, 5.41) is 0. The highest BCUT2D eigenvalue weighted by atomic mass is 16.1. The molecule has 0 aliphatic heterocycles. The molecule has 3 rings (SSSR count). The SMILES string of the molecule is CCCCCCC[C@H]1CC[C@@H]2C[C@H](C3CCC(C=O)CC3)CC[C@@H]2C1. The molecule has 25 heavy (non-hydrogen) atoms. The predicted octanol–water partition coefficient (Wildman–Crippen LogP) is 7.18. The van der Waals surface area contributed by atoms with Gasteiger partial charge in [-0.15, -0.1) is 0 Å². The molecule has 3 aliphatic rings. The number of carbonyl (C=O) groups is 1. The smallest absolute Gasteiger partial charge is 0.123 e. The highest BCUT2D eigenvalue weighted by Gasteiger charge is 2.38. The van der Waals surface area contributed by atoms with Crippen molar-refractivity contribution >= 4 is 6.29 Å². The van der Waals surface area contributed by atoms with Crippen LogP contribution in [0, 0.1) is 35.5 Å². The molecule has 0 spiro atoms. The van der Waals surface area contributed by atoms with E-state index < -0.39 is 0 Å². The number of unbranched alkanes of at least 4 members (excludes halogenated alkanes) is 4. The number of carbonyl (C=O) groups excluding carboxylic acids is 1. The average Bonchev–Trinajstić information content (AvgIpc) is 2.67. The highest BCUT2D eigenvalue weighted by Crippen LogP contribution is 2.49. The van der Waals surface area contributed by atoms with Crippen LogP contribution in [0.3, 0.4) is 0 Å². The van der Waals surface area contributed by atoms with Crippen molar-refractivity contribution in [2.24, 2.45) is 35.5 Å². The fourth-order valence-corrected chi connectivity index (χ4v) is 6.50. The molecule has 0 aromatic carbocycles. The average molecular weight is 347 g/mol. The van der Waals surface area contributed by atoms with Crippen LogP contribution < -0.4 is 0 Å². The van der Waals surface area contributed by atoms with Gasteiger partial charge in [-0.25, -0.2) is 0 Å². The van der Waals surface area contributed by atoms with E-state index in [4.69, 9.17) is 0 Å². The van der Waals surface area contributed by atoms with Crippen LogP contribution in [0.4, 0.5) is 0 Å². The first-order chi connectivity index (χ1) is 12.3. The second-order valence-electron chi connectivity index (χ2n) is 9.79. The maximum absolute atomic E-state index is 11.0. The molecular weight excluding hydrogens is 304 g/mol. The molecule has 0 saturated heterocycles. The number of aldehydes is 1. The summed E-state index contributed by atoms with van der Waals surface area (Å²) in [4.78, 5) is 11.0. The van der Waals surface area contributed by atoms with E-state index in [0.717, 1.165) is 29.6 Å². The monoisotopic (exact) mass is 346 g/mol. The molecule has 1 heteroatoms. The largest absolute Gasteiger partial charge is 0.303 e. The van der Waals surface area contributed by atoms with Gasteiger partial charge in [0.1, 0.15) is 6.29 Å². The van der Waals surface area contributed by atoms with Crippen LogP contribution in [0.25, 0.3) is 0 Å². The summed E-state index contributed by atoms with van der Waals surface area (Å²) in [6.45, 7) is 2.31. The van der Waals surface area contributed by atoms with E-state index in [2.05, 4.69) is 6.92 Å². The fraction of sp³-hybridized carbons (Fsp3) is 0.958. The predicted molar refractivity (Wildman–Crippen MR) is 107 cm³/mol. The van der Waals surface area contributed by atoms with Crippen molar-refractivity contribution in [1.29, 1.82) is 0 Å². The van der Waals surface area contributed by atoms with Crippen molar-refractivity contribution in [2.75, 3.05) is 0 Å². The van der Waals surface area contributed by atoms with Gasteiger partial charge in [0, 0.05) is 5.92 Å². The molecule has 3 fully saturated rings. The lowest BCUT2D eigenvalue weighted by Crippen LogP contribution is -2.34. The van der Waals surface area contributed by atoms with Gasteiger partial charge in [-0.1, -0.05) is 51.9 Å². The molecule has 0 radical (unpaired) electrons. The zero-order valence-electron chi connectivity index (χ0n) is 16.8. The highest BCUT2D eigenvalue weighted by molar-refractivity contribution is 5.53. The van der Waals surface area contributed by atoms with E-state index >= 15 is 0 Å². The molecule has 0 N–H and O–H groups in total.